The highest BCUT2D eigenvalue weighted by Crippen LogP contribution is 2.20. The maximum Gasteiger partial charge on any atom is 0.245 e. The molecular weight excluding hydrogens is 140 g/mol. The first kappa shape index (κ1) is 10.2. The van der Waals surface area contributed by atoms with E-state index in [-0.39, 0.29) is 11.5 Å². The summed E-state index contributed by atoms with van der Waals surface area (Å²) in [6.45, 7) is 9.15. The number of hydrogen-bond acceptors (Lipinski definition) is 2. The zero-order valence-corrected chi connectivity index (χ0v) is 7.35. The summed E-state index contributed by atoms with van der Waals surface area (Å²) in [6, 6.07) is 0. The van der Waals surface area contributed by atoms with Gasteiger partial charge in [0.25, 0.3) is 0 Å². The zero-order valence-electron chi connectivity index (χ0n) is 7.35. The van der Waals surface area contributed by atoms with Crippen LogP contribution < -0.4 is 11.5 Å². The third-order valence-electron chi connectivity index (χ3n) is 2.15. The number of carbonyl (C=O) groups excluding carboxylic acids is 1. The maximum absolute atomic E-state index is 10.7. The monoisotopic (exact) mass is 156 g/mol. The van der Waals surface area contributed by atoms with Crippen LogP contribution >= 0.6 is 0 Å². The van der Waals surface area contributed by atoms with E-state index in [2.05, 4.69) is 6.58 Å². The zero-order chi connectivity index (χ0) is 9.23. The van der Waals surface area contributed by atoms with Crippen molar-refractivity contribution in [3.8, 4) is 0 Å². The molecule has 0 aromatic heterocycles. The van der Waals surface area contributed by atoms with Gasteiger partial charge in [-0.15, -0.1) is 0 Å². The van der Waals surface area contributed by atoms with Gasteiger partial charge in [0.2, 0.25) is 5.91 Å². The molecule has 0 aromatic carbocycles. The summed E-state index contributed by atoms with van der Waals surface area (Å²) in [4.78, 5) is 10.7. The van der Waals surface area contributed by atoms with Gasteiger partial charge >= 0.3 is 0 Å². The fraction of sp³-hybridized carbons (Fsp3) is 0.625. The second kappa shape index (κ2) is 3.05. The Morgan fingerprint density at radius 2 is 1.91 bits per heavy atom. The van der Waals surface area contributed by atoms with Gasteiger partial charge in [0, 0.05) is 11.1 Å². The fourth-order valence-corrected chi connectivity index (χ4v) is 0.614. The third kappa shape index (κ3) is 2.05. The first-order valence-corrected chi connectivity index (χ1v) is 3.58. The lowest BCUT2D eigenvalue weighted by atomic mass is 9.83. The molecule has 0 aliphatic carbocycles. The third-order valence-corrected chi connectivity index (χ3v) is 2.15. The smallest absolute Gasteiger partial charge is 0.245 e. The summed E-state index contributed by atoms with van der Waals surface area (Å²) < 4.78 is 0. The quantitative estimate of drug-likeness (QED) is 0.581. The van der Waals surface area contributed by atoms with Gasteiger partial charge in [-0.1, -0.05) is 20.4 Å². The van der Waals surface area contributed by atoms with Crippen LogP contribution in [0, 0.1) is 5.92 Å². The predicted molar refractivity (Wildman–Crippen MR) is 45.8 cm³/mol. The van der Waals surface area contributed by atoms with Crippen LogP contribution in [0.3, 0.4) is 0 Å². The van der Waals surface area contributed by atoms with Gasteiger partial charge < -0.3 is 11.5 Å². The molecule has 0 aromatic rings. The van der Waals surface area contributed by atoms with Crippen molar-refractivity contribution in [2.45, 2.75) is 26.3 Å². The second-order valence-corrected chi connectivity index (χ2v) is 3.28. The molecule has 11 heavy (non-hydrogen) atoms. The number of amides is 1. The van der Waals surface area contributed by atoms with Crippen LogP contribution in [-0.2, 0) is 4.79 Å². The van der Waals surface area contributed by atoms with Crippen LogP contribution in [0.25, 0.3) is 0 Å². The summed E-state index contributed by atoms with van der Waals surface area (Å²) >= 11 is 0. The van der Waals surface area contributed by atoms with Gasteiger partial charge in [-0.25, -0.2) is 0 Å². The summed E-state index contributed by atoms with van der Waals surface area (Å²) in [6.07, 6.45) is 0. The van der Waals surface area contributed by atoms with Gasteiger partial charge in [-0.05, 0) is 12.8 Å². The molecule has 0 heterocycles. The Balaban J connectivity index is 4.56. The molecule has 0 aliphatic rings. The number of hydrogen-bond donors (Lipinski definition) is 2. The van der Waals surface area contributed by atoms with E-state index in [0.717, 1.165) is 0 Å². The molecular formula is C8H16N2O. The number of rotatable bonds is 3. The molecule has 1 atom stereocenters. The van der Waals surface area contributed by atoms with Crippen molar-refractivity contribution in [2.24, 2.45) is 17.4 Å². The van der Waals surface area contributed by atoms with Crippen molar-refractivity contribution in [3.05, 3.63) is 12.2 Å². The minimum absolute atomic E-state index is 0.155. The van der Waals surface area contributed by atoms with Crippen molar-refractivity contribution in [1.29, 1.82) is 0 Å². The van der Waals surface area contributed by atoms with Crippen LogP contribution in [0.5, 0.6) is 0 Å². The van der Waals surface area contributed by atoms with Crippen LogP contribution in [-0.4, -0.2) is 11.4 Å². The van der Waals surface area contributed by atoms with E-state index in [0.29, 0.717) is 0 Å². The lowest BCUT2D eigenvalue weighted by Gasteiger charge is -2.29. The Bertz CT molecular complexity index is 183. The molecule has 0 saturated heterocycles. The summed E-state index contributed by atoms with van der Waals surface area (Å²) in [7, 11) is 0. The first-order valence-electron chi connectivity index (χ1n) is 3.58. The standard InChI is InChI=1S/C8H16N2O/c1-5(2)8(4,10)6(3)7(9)11/h5H,3,10H2,1-2,4H3,(H2,9,11). The molecule has 0 saturated carbocycles. The average molecular weight is 156 g/mol. The van der Waals surface area contributed by atoms with Gasteiger partial charge in [0.15, 0.2) is 0 Å². The topological polar surface area (TPSA) is 69.1 Å². The van der Waals surface area contributed by atoms with Crippen molar-refractivity contribution in [3.63, 3.8) is 0 Å². The van der Waals surface area contributed by atoms with E-state index in [4.69, 9.17) is 11.5 Å². The van der Waals surface area contributed by atoms with Gasteiger partial charge in [-0.3, -0.25) is 4.79 Å². The molecule has 3 nitrogen and oxygen atoms in total. The molecule has 0 spiro atoms. The predicted octanol–water partition coefficient (Wildman–Crippen LogP) is 0.401. The molecule has 4 N–H and O–H groups in total. The van der Waals surface area contributed by atoms with E-state index in [1.165, 1.54) is 0 Å². The molecule has 0 bridgehead atoms. The van der Waals surface area contributed by atoms with Crippen molar-refractivity contribution in [1.82, 2.24) is 0 Å². The summed E-state index contributed by atoms with van der Waals surface area (Å²) in [5.41, 5.74) is 10.4. The van der Waals surface area contributed by atoms with Gasteiger partial charge in [0.05, 0.1) is 0 Å². The normalized spacial score (nSPS) is 16.1. The minimum Gasteiger partial charge on any atom is -0.366 e. The second-order valence-electron chi connectivity index (χ2n) is 3.28. The van der Waals surface area contributed by atoms with E-state index in [9.17, 15) is 4.79 Å². The van der Waals surface area contributed by atoms with Gasteiger partial charge in [-0.2, -0.15) is 0 Å². The highest BCUT2D eigenvalue weighted by atomic mass is 16.1. The largest absolute Gasteiger partial charge is 0.366 e. The summed E-state index contributed by atoms with van der Waals surface area (Å²) in [5, 5.41) is 0. The highest BCUT2D eigenvalue weighted by molar-refractivity contribution is 5.93. The van der Waals surface area contributed by atoms with Crippen molar-refractivity contribution < 1.29 is 4.79 Å². The Kier molecular flexibility index (Phi) is 2.82. The lowest BCUT2D eigenvalue weighted by Crippen LogP contribution is -2.47. The van der Waals surface area contributed by atoms with E-state index < -0.39 is 11.4 Å². The number of nitrogens with two attached hydrogens (primary N) is 2. The lowest BCUT2D eigenvalue weighted by molar-refractivity contribution is -0.115. The molecule has 0 fully saturated rings. The van der Waals surface area contributed by atoms with Gasteiger partial charge in [0.1, 0.15) is 0 Å². The van der Waals surface area contributed by atoms with Crippen LogP contribution in [0.2, 0.25) is 0 Å². The Morgan fingerprint density at radius 1 is 1.55 bits per heavy atom. The number of carbonyl (C=O) groups is 1. The van der Waals surface area contributed by atoms with Crippen LogP contribution in [0.1, 0.15) is 20.8 Å². The number of primary amides is 1. The minimum atomic E-state index is -0.689. The van der Waals surface area contributed by atoms with Crippen molar-refractivity contribution >= 4 is 5.91 Å². The Labute approximate surface area is 67.4 Å². The van der Waals surface area contributed by atoms with E-state index in [1.54, 1.807) is 6.92 Å². The van der Waals surface area contributed by atoms with Crippen molar-refractivity contribution in [2.75, 3.05) is 0 Å². The fourth-order valence-electron chi connectivity index (χ4n) is 0.614. The Hall–Kier alpha value is -0.830. The van der Waals surface area contributed by atoms with E-state index >= 15 is 0 Å². The SMILES string of the molecule is C=C(C(N)=O)C(C)(N)C(C)C. The maximum atomic E-state index is 10.7. The molecule has 64 valence electrons. The molecule has 1 unspecified atom stereocenters. The van der Waals surface area contributed by atoms with Crippen LogP contribution in [0.15, 0.2) is 12.2 Å². The summed E-state index contributed by atoms with van der Waals surface area (Å²) in [5.74, 6) is -0.369. The van der Waals surface area contributed by atoms with E-state index in [1.807, 2.05) is 13.8 Å². The molecule has 0 rings (SSSR count). The average Bonchev–Trinajstić information content (AvgIpc) is 1.85. The molecule has 0 aliphatic heterocycles. The Morgan fingerprint density at radius 3 is 2.00 bits per heavy atom. The highest BCUT2D eigenvalue weighted by Gasteiger charge is 2.29. The molecule has 0 radical (unpaired) electrons. The molecule has 3 heteroatoms. The molecule has 1 amide bonds. The van der Waals surface area contributed by atoms with Crippen LogP contribution in [0.4, 0.5) is 0 Å². The first-order chi connectivity index (χ1) is 4.80.